The molecule has 0 radical (unpaired) electrons. The molecule has 1 rings (SSSR count). The summed E-state index contributed by atoms with van der Waals surface area (Å²) in [5.41, 5.74) is 0. The maximum atomic E-state index is 5.72. The zero-order valence-corrected chi connectivity index (χ0v) is 10.1. The molecule has 0 fully saturated rings. The van der Waals surface area contributed by atoms with Gasteiger partial charge in [0.05, 0.1) is 6.61 Å². The number of aromatic nitrogens is 3. The van der Waals surface area contributed by atoms with Gasteiger partial charge in [-0.05, 0) is 24.9 Å². The van der Waals surface area contributed by atoms with Gasteiger partial charge in [-0.3, -0.25) is 0 Å². The number of halogens is 1. The number of nitrogens with one attached hydrogen (secondary N) is 1. The first-order valence-electron chi connectivity index (χ1n) is 5.03. The summed E-state index contributed by atoms with van der Waals surface area (Å²) in [5, 5.41) is 3.13. The van der Waals surface area contributed by atoms with E-state index in [-0.39, 0.29) is 11.3 Å². The van der Waals surface area contributed by atoms with E-state index in [1.807, 2.05) is 6.92 Å². The number of methoxy groups -OCH3 is 1. The summed E-state index contributed by atoms with van der Waals surface area (Å²) in [7, 11) is 1.66. The molecular formula is C9H15ClN4O2. The van der Waals surface area contributed by atoms with Gasteiger partial charge in [-0.2, -0.15) is 15.0 Å². The Hall–Kier alpha value is -1.14. The molecular weight excluding hydrogens is 232 g/mol. The molecule has 0 unspecified atom stereocenters. The minimum absolute atomic E-state index is 0.118. The number of nitrogens with zero attached hydrogens (tertiary/aromatic N) is 3. The van der Waals surface area contributed by atoms with Crippen LogP contribution >= 0.6 is 11.6 Å². The van der Waals surface area contributed by atoms with E-state index < -0.39 is 0 Å². The topological polar surface area (TPSA) is 69.2 Å². The zero-order chi connectivity index (χ0) is 11.8. The summed E-state index contributed by atoms with van der Waals surface area (Å²) in [4.78, 5) is 11.8. The van der Waals surface area contributed by atoms with Gasteiger partial charge in [-0.15, -0.1) is 0 Å². The molecule has 0 amide bonds. The Morgan fingerprint density at radius 2 is 2.12 bits per heavy atom. The van der Waals surface area contributed by atoms with Crippen LogP contribution in [0.1, 0.15) is 13.3 Å². The van der Waals surface area contributed by atoms with Crippen molar-refractivity contribution in [3.63, 3.8) is 0 Å². The van der Waals surface area contributed by atoms with Crippen LogP contribution in [0.5, 0.6) is 6.01 Å². The lowest BCUT2D eigenvalue weighted by Gasteiger charge is -2.06. The molecule has 0 bridgehead atoms. The van der Waals surface area contributed by atoms with Gasteiger partial charge in [0.1, 0.15) is 0 Å². The van der Waals surface area contributed by atoms with Gasteiger partial charge in [0.2, 0.25) is 11.2 Å². The van der Waals surface area contributed by atoms with Gasteiger partial charge in [0, 0.05) is 20.3 Å². The first-order chi connectivity index (χ1) is 7.76. The molecule has 16 heavy (non-hydrogen) atoms. The summed E-state index contributed by atoms with van der Waals surface area (Å²) < 4.78 is 10.1. The SMILES string of the molecule is CCOc1nc(Cl)nc(NCCCOC)n1. The molecule has 1 heterocycles. The lowest BCUT2D eigenvalue weighted by atomic mass is 10.4. The molecule has 1 aromatic heterocycles. The molecule has 0 saturated heterocycles. The van der Waals surface area contributed by atoms with E-state index in [0.717, 1.165) is 6.42 Å². The second-order valence-corrected chi connectivity index (χ2v) is 3.25. The van der Waals surface area contributed by atoms with Gasteiger partial charge >= 0.3 is 6.01 Å². The summed E-state index contributed by atoms with van der Waals surface area (Å²) in [6, 6.07) is 0.233. The third-order valence-corrected chi connectivity index (χ3v) is 1.84. The fourth-order valence-corrected chi connectivity index (χ4v) is 1.17. The largest absolute Gasteiger partial charge is 0.464 e. The minimum atomic E-state index is 0.118. The lowest BCUT2D eigenvalue weighted by Crippen LogP contribution is -2.09. The van der Waals surface area contributed by atoms with Crippen molar-refractivity contribution < 1.29 is 9.47 Å². The quantitative estimate of drug-likeness (QED) is 0.733. The van der Waals surface area contributed by atoms with E-state index in [4.69, 9.17) is 21.1 Å². The van der Waals surface area contributed by atoms with Crippen molar-refractivity contribution >= 4 is 17.5 Å². The average Bonchev–Trinajstić information content (AvgIpc) is 2.24. The normalized spacial score (nSPS) is 10.2. The van der Waals surface area contributed by atoms with Crippen LogP contribution in [0, 0.1) is 0 Å². The van der Waals surface area contributed by atoms with Crippen molar-refractivity contribution in [1.29, 1.82) is 0 Å². The molecule has 0 aromatic carbocycles. The number of rotatable bonds is 7. The molecule has 6 nitrogen and oxygen atoms in total. The molecule has 90 valence electrons. The van der Waals surface area contributed by atoms with E-state index in [2.05, 4.69) is 20.3 Å². The number of ether oxygens (including phenoxy) is 2. The van der Waals surface area contributed by atoms with Gasteiger partial charge < -0.3 is 14.8 Å². The Morgan fingerprint density at radius 3 is 2.81 bits per heavy atom. The second-order valence-electron chi connectivity index (χ2n) is 2.92. The highest BCUT2D eigenvalue weighted by molar-refractivity contribution is 6.28. The van der Waals surface area contributed by atoms with Crippen molar-refractivity contribution in [1.82, 2.24) is 15.0 Å². The average molecular weight is 247 g/mol. The van der Waals surface area contributed by atoms with Crippen LogP contribution in [0.15, 0.2) is 0 Å². The minimum Gasteiger partial charge on any atom is -0.464 e. The van der Waals surface area contributed by atoms with Crippen LogP contribution in [0.25, 0.3) is 0 Å². The predicted molar refractivity (Wildman–Crippen MR) is 61.0 cm³/mol. The Balaban J connectivity index is 2.51. The van der Waals surface area contributed by atoms with Gasteiger partial charge in [-0.25, -0.2) is 0 Å². The number of anilines is 1. The molecule has 7 heteroatoms. The van der Waals surface area contributed by atoms with Crippen LogP contribution in [-0.2, 0) is 4.74 Å². The van der Waals surface area contributed by atoms with E-state index in [9.17, 15) is 0 Å². The van der Waals surface area contributed by atoms with Crippen molar-refractivity contribution in [2.24, 2.45) is 0 Å². The van der Waals surface area contributed by atoms with Crippen LogP contribution in [0.4, 0.5) is 5.95 Å². The Labute approximate surface area is 99.4 Å². The summed E-state index contributed by atoms with van der Waals surface area (Å²) in [6.45, 7) is 3.73. The highest BCUT2D eigenvalue weighted by Gasteiger charge is 2.04. The van der Waals surface area contributed by atoms with Crippen LogP contribution in [0.2, 0.25) is 5.28 Å². The van der Waals surface area contributed by atoms with Crippen molar-refractivity contribution in [2.45, 2.75) is 13.3 Å². The van der Waals surface area contributed by atoms with Crippen molar-refractivity contribution in [2.75, 3.05) is 32.2 Å². The van der Waals surface area contributed by atoms with Crippen molar-refractivity contribution in [3.05, 3.63) is 5.28 Å². The fraction of sp³-hybridized carbons (Fsp3) is 0.667. The maximum Gasteiger partial charge on any atom is 0.322 e. The second kappa shape index (κ2) is 7.19. The number of hydrogen-bond donors (Lipinski definition) is 1. The molecule has 0 aliphatic rings. The molecule has 0 atom stereocenters. The summed E-state index contributed by atoms with van der Waals surface area (Å²) >= 11 is 5.72. The molecule has 1 N–H and O–H groups in total. The fourth-order valence-electron chi connectivity index (χ4n) is 1.02. The Morgan fingerprint density at radius 1 is 1.31 bits per heavy atom. The van der Waals surface area contributed by atoms with E-state index in [1.54, 1.807) is 7.11 Å². The monoisotopic (exact) mass is 246 g/mol. The number of hydrogen-bond acceptors (Lipinski definition) is 6. The van der Waals surface area contributed by atoms with E-state index >= 15 is 0 Å². The highest BCUT2D eigenvalue weighted by Crippen LogP contribution is 2.10. The Bertz CT molecular complexity index is 324. The summed E-state index contributed by atoms with van der Waals surface area (Å²) in [6.07, 6.45) is 0.865. The zero-order valence-electron chi connectivity index (χ0n) is 9.36. The van der Waals surface area contributed by atoms with Gasteiger partial charge in [0.15, 0.2) is 0 Å². The molecule has 0 aliphatic carbocycles. The maximum absolute atomic E-state index is 5.72. The third kappa shape index (κ3) is 4.59. The lowest BCUT2D eigenvalue weighted by molar-refractivity contribution is 0.197. The van der Waals surface area contributed by atoms with E-state index in [0.29, 0.717) is 25.7 Å². The van der Waals surface area contributed by atoms with Crippen LogP contribution in [0.3, 0.4) is 0 Å². The van der Waals surface area contributed by atoms with Crippen LogP contribution < -0.4 is 10.1 Å². The predicted octanol–water partition coefficient (Wildman–Crippen LogP) is 1.37. The van der Waals surface area contributed by atoms with E-state index in [1.165, 1.54) is 0 Å². The molecule has 1 aromatic rings. The van der Waals surface area contributed by atoms with Gasteiger partial charge in [0.25, 0.3) is 0 Å². The summed E-state index contributed by atoms with van der Waals surface area (Å²) in [5.74, 6) is 0.416. The standard InChI is InChI=1S/C9H15ClN4O2/c1-3-16-9-13-7(10)12-8(14-9)11-5-4-6-15-2/h3-6H2,1-2H3,(H,11,12,13,14). The first kappa shape index (κ1) is 12.9. The first-order valence-corrected chi connectivity index (χ1v) is 5.41. The van der Waals surface area contributed by atoms with Gasteiger partial charge in [-0.1, -0.05) is 0 Å². The van der Waals surface area contributed by atoms with Crippen LogP contribution in [-0.4, -0.2) is 41.8 Å². The molecule has 0 aliphatic heterocycles. The third-order valence-electron chi connectivity index (χ3n) is 1.67. The Kier molecular flexibility index (Phi) is 5.81. The highest BCUT2D eigenvalue weighted by atomic mass is 35.5. The smallest absolute Gasteiger partial charge is 0.322 e. The molecule has 0 spiro atoms. The van der Waals surface area contributed by atoms with Crippen molar-refractivity contribution in [3.8, 4) is 6.01 Å². The molecule has 0 saturated carbocycles.